The molecule has 1 aliphatic carbocycles. The molecule has 43 heavy (non-hydrogen) atoms. The van der Waals surface area contributed by atoms with E-state index >= 15 is 0 Å². The molecule has 0 radical (unpaired) electrons. The summed E-state index contributed by atoms with van der Waals surface area (Å²) in [5.74, 6) is 0.433. The molecule has 7 heteroatoms. The van der Waals surface area contributed by atoms with Gasteiger partial charge < -0.3 is 15.4 Å². The Bertz CT molecular complexity index is 1340. The van der Waals surface area contributed by atoms with E-state index in [4.69, 9.17) is 16.3 Å². The molecule has 1 saturated heterocycles. The number of hydrogen-bond donors (Lipinski definition) is 2. The van der Waals surface area contributed by atoms with Gasteiger partial charge in [-0.05, 0) is 119 Å². The van der Waals surface area contributed by atoms with Gasteiger partial charge in [0.25, 0.3) is 11.8 Å². The van der Waals surface area contributed by atoms with Crippen LogP contribution in [0.25, 0.3) is 0 Å². The maximum Gasteiger partial charge on any atom is 0.263 e. The van der Waals surface area contributed by atoms with Crippen LogP contribution in [0.1, 0.15) is 80.3 Å². The number of likely N-dealkylation sites (tertiary alicyclic amines) is 1. The standard InChI is InChI=1S/C36H44ClN3O3/c1-35(2,43-32-17-11-27(12-18-32)21-24-38-33(41)28-13-15-30(37)16-14-28)34(42)39-31-19-22-36(23-20-31,29-9-5-3-6-10-29)40-25-7-4-8-26-40/h3,5-6,9-18,31H,4,7-8,19-26H2,1-2H3,(H,38,41)(H,39,42). The number of piperidine rings is 1. The highest BCUT2D eigenvalue weighted by atomic mass is 35.5. The fraction of sp³-hybridized carbons (Fsp3) is 0.444. The molecule has 0 atom stereocenters. The molecule has 1 aliphatic heterocycles. The molecular weight excluding hydrogens is 558 g/mol. The Labute approximate surface area is 261 Å². The first-order valence-corrected chi connectivity index (χ1v) is 16.1. The molecule has 2 aliphatic rings. The van der Waals surface area contributed by atoms with E-state index < -0.39 is 5.60 Å². The van der Waals surface area contributed by atoms with E-state index in [0.29, 0.717) is 29.3 Å². The summed E-state index contributed by atoms with van der Waals surface area (Å²) in [5, 5.41) is 6.85. The van der Waals surface area contributed by atoms with Crippen LogP contribution in [0.2, 0.25) is 5.02 Å². The number of nitrogens with zero attached hydrogens (tertiary/aromatic N) is 1. The van der Waals surface area contributed by atoms with Crippen molar-refractivity contribution in [1.82, 2.24) is 15.5 Å². The minimum Gasteiger partial charge on any atom is -0.478 e. The number of ether oxygens (including phenoxy) is 1. The first-order valence-electron chi connectivity index (χ1n) is 15.7. The van der Waals surface area contributed by atoms with Gasteiger partial charge in [-0.2, -0.15) is 0 Å². The maximum atomic E-state index is 13.4. The molecule has 0 spiro atoms. The number of carbonyl (C=O) groups is 2. The van der Waals surface area contributed by atoms with Crippen molar-refractivity contribution in [1.29, 1.82) is 0 Å². The normalized spacial score (nSPS) is 21.1. The number of nitrogens with one attached hydrogen (secondary N) is 2. The zero-order valence-electron chi connectivity index (χ0n) is 25.4. The van der Waals surface area contributed by atoms with Crippen molar-refractivity contribution in [3.05, 3.63) is 101 Å². The van der Waals surface area contributed by atoms with Gasteiger partial charge >= 0.3 is 0 Å². The largest absolute Gasteiger partial charge is 0.478 e. The molecule has 1 saturated carbocycles. The average molecular weight is 602 g/mol. The third kappa shape index (κ3) is 7.79. The van der Waals surface area contributed by atoms with Crippen LogP contribution in [0.4, 0.5) is 0 Å². The van der Waals surface area contributed by atoms with Crippen LogP contribution in [-0.4, -0.2) is 48.0 Å². The molecule has 2 amide bonds. The number of benzene rings is 3. The van der Waals surface area contributed by atoms with Gasteiger partial charge in [-0.1, -0.05) is 60.5 Å². The highest BCUT2D eigenvalue weighted by molar-refractivity contribution is 6.30. The topological polar surface area (TPSA) is 70.7 Å². The zero-order valence-corrected chi connectivity index (χ0v) is 26.2. The molecule has 6 nitrogen and oxygen atoms in total. The second-order valence-corrected chi connectivity index (χ2v) is 12.9. The van der Waals surface area contributed by atoms with E-state index in [-0.39, 0.29) is 23.4 Å². The van der Waals surface area contributed by atoms with E-state index in [0.717, 1.165) is 44.3 Å². The molecule has 3 aromatic rings. The van der Waals surface area contributed by atoms with Gasteiger partial charge in [0.05, 0.1) is 0 Å². The number of halogens is 1. The summed E-state index contributed by atoms with van der Waals surface area (Å²) in [6.07, 6.45) is 8.54. The molecule has 0 aromatic heterocycles. The Morgan fingerprint density at radius 3 is 2.21 bits per heavy atom. The number of amides is 2. The fourth-order valence-corrected chi connectivity index (χ4v) is 6.67. The van der Waals surface area contributed by atoms with Crippen LogP contribution in [0.3, 0.4) is 0 Å². The van der Waals surface area contributed by atoms with Gasteiger partial charge in [-0.25, -0.2) is 0 Å². The van der Waals surface area contributed by atoms with E-state index in [2.05, 4.69) is 45.9 Å². The maximum absolute atomic E-state index is 13.4. The second kappa shape index (κ2) is 14.0. The Balaban J connectivity index is 1.11. The lowest BCUT2D eigenvalue weighted by Gasteiger charge is -2.50. The van der Waals surface area contributed by atoms with Crippen molar-refractivity contribution < 1.29 is 14.3 Å². The SMILES string of the molecule is CC(C)(Oc1ccc(CCNC(=O)c2ccc(Cl)cc2)cc1)C(=O)NC1CCC(c2ccccc2)(N2CCCCC2)CC1. The molecule has 0 bridgehead atoms. The van der Waals surface area contributed by atoms with Crippen molar-refractivity contribution in [2.45, 2.75) is 82.4 Å². The van der Waals surface area contributed by atoms with Crippen LogP contribution < -0.4 is 15.4 Å². The molecule has 0 unspecified atom stereocenters. The van der Waals surface area contributed by atoms with Gasteiger partial charge in [-0.15, -0.1) is 0 Å². The summed E-state index contributed by atoms with van der Waals surface area (Å²) in [4.78, 5) is 28.4. The molecule has 2 N–H and O–H groups in total. The van der Waals surface area contributed by atoms with E-state index in [9.17, 15) is 9.59 Å². The van der Waals surface area contributed by atoms with Gasteiger partial charge in [0.1, 0.15) is 5.75 Å². The Morgan fingerprint density at radius 1 is 0.907 bits per heavy atom. The second-order valence-electron chi connectivity index (χ2n) is 12.5. The summed E-state index contributed by atoms with van der Waals surface area (Å²) in [6, 6.07) is 25.7. The molecule has 2 fully saturated rings. The van der Waals surface area contributed by atoms with Crippen molar-refractivity contribution in [3.8, 4) is 5.75 Å². The first-order chi connectivity index (χ1) is 20.7. The minimum atomic E-state index is -1.01. The van der Waals surface area contributed by atoms with E-state index in [1.807, 2.05) is 38.1 Å². The molecular formula is C36H44ClN3O3. The van der Waals surface area contributed by atoms with E-state index in [1.165, 1.54) is 24.8 Å². The van der Waals surface area contributed by atoms with Crippen LogP contribution in [0.5, 0.6) is 5.75 Å². The smallest absolute Gasteiger partial charge is 0.263 e. The summed E-state index contributed by atoms with van der Waals surface area (Å²) >= 11 is 5.90. The van der Waals surface area contributed by atoms with Crippen molar-refractivity contribution in [2.24, 2.45) is 0 Å². The first kappa shape index (κ1) is 31.1. The van der Waals surface area contributed by atoms with E-state index in [1.54, 1.807) is 24.3 Å². The lowest BCUT2D eigenvalue weighted by atomic mass is 9.73. The monoisotopic (exact) mass is 601 g/mol. The zero-order chi connectivity index (χ0) is 30.3. The lowest BCUT2D eigenvalue weighted by Crippen LogP contribution is -2.55. The quantitative estimate of drug-likeness (QED) is 0.265. The molecule has 3 aromatic carbocycles. The number of hydrogen-bond acceptors (Lipinski definition) is 4. The van der Waals surface area contributed by atoms with Crippen molar-refractivity contribution in [2.75, 3.05) is 19.6 Å². The molecule has 228 valence electrons. The third-order valence-corrected chi connectivity index (χ3v) is 9.32. The van der Waals surface area contributed by atoms with Gasteiger partial charge in [0, 0.05) is 28.7 Å². The predicted molar refractivity (Wildman–Crippen MR) is 173 cm³/mol. The Hall–Kier alpha value is -3.35. The molecule has 1 heterocycles. The third-order valence-electron chi connectivity index (χ3n) is 9.07. The van der Waals surface area contributed by atoms with Crippen LogP contribution >= 0.6 is 11.6 Å². The van der Waals surface area contributed by atoms with Crippen molar-refractivity contribution in [3.63, 3.8) is 0 Å². The Morgan fingerprint density at radius 2 is 1.56 bits per heavy atom. The predicted octanol–water partition coefficient (Wildman–Crippen LogP) is 6.91. The highest BCUT2D eigenvalue weighted by Crippen LogP contribution is 2.43. The van der Waals surface area contributed by atoms with Gasteiger partial charge in [-0.3, -0.25) is 14.5 Å². The number of rotatable bonds is 10. The average Bonchev–Trinajstić information content (AvgIpc) is 3.03. The fourth-order valence-electron chi connectivity index (χ4n) is 6.55. The van der Waals surface area contributed by atoms with Crippen molar-refractivity contribution >= 4 is 23.4 Å². The molecule has 5 rings (SSSR count). The van der Waals surface area contributed by atoms with Crippen LogP contribution in [0, 0.1) is 0 Å². The summed E-state index contributed by atoms with van der Waals surface area (Å²) in [7, 11) is 0. The lowest BCUT2D eigenvalue weighted by molar-refractivity contribution is -0.135. The highest BCUT2D eigenvalue weighted by Gasteiger charge is 2.43. The van der Waals surface area contributed by atoms with Gasteiger partial charge in [0.15, 0.2) is 5.60 Å². The Kier molecular flexibility index (Phi) is 10.1. The van der Waals surface area contributed by atoms with Crippen LogP contribution in [-0.2, 0) is 16.8 Å². The number of carbonyl (C=O) groups excluding carboxylic acids is 2. The summed E-state index contributed by atoms with van der Waals surface area (Å²) in [5.41, 5.74) is 2.13. The minimum absolute atomic E-state index is 0.0648. The summed E-state index contributed by atoms with van der Waals surface area (Å²) in [6.45, 7) is 6.48. The van der Waals surface area contributed by atoms with Crippen LogP contribution in [0.15, 0.2) is 78.9 Å². The van der Waals surface area contributed by atoms with Gasteiger partial charge in [0.2, 0.25) is 0 Å². The summed E-state index contributed by atoms with van der Waals surface area (Å²) < 4.78 is 6.17.